The van der Waals surface area contributed by atoms with E-state index in [1.807, 2.05) is 0 Å². The van der Waals surface area contributed by atoms with E-state index in [-0.39, 0.29) is 5.02 Å². The van der Waals surface area contributed by atoms with Gasteiger partial charge in [0.05, 0.1) is 18.7 Å². The number of benzene rings is 1. The number of carbonyl (C=O) groups is 1. The lowest BCUT2D eigenvalue weighted by molar-refractivity contribution is 0.0599. The minimum Gasteiger partial charge on any atom is -0.465 e. The van der Waals surface area contributed by atoms with Crippen molar-refractivity contribution >= 4 is 17.6 Å². The minimum absolute atomic E-state index is 0.0936. The molecule has 1 aromatic carbocycles. The van der Waals surface area contributed by atoms with Crippen LogP contribution < -0.4 is 5.32 Å². The molecule has 0 unspecified atom stereocenters. The van der Waals surface area contributed by atoms with E-state index in [1.165, 1.54) is 13.2 Å². The number of hydrogen-bond donors (Lipinski definition) is 1. The fraction of sp³-hybridized carbons (Fsp3) is 0.267. The molecule has 0 aliphatic rings. The summed E-state index contributed by atoms with van der Waals surface area (Å²) in [4.78, 5) is 11.5. The van der Waals surface area contributed by atoms with E-state index in [0.717, 1.165) is 5.56 Å². The second kappa shape index (κ2) is 6.74. The lowest BCUT2D eigenvalue weighted by Crippen LogP contribution is -2.12. The number of nitrogens with one attached hydrogen (secondary N) is 1. The van der Waals surface area contributed by atoms with Gasteiger partial charge in [0, 0.05) is 6.54 Å². The van der Waals surface area contributed by atoms with Gasteiger partial charge in [-0.2, -0.15) is 0 Å². The van der Waals surface area contributed by atoms with Crippen LogP contribution in [-0.4, -0.2) is 13.1 Å². The molecule has 2 aromatic rings. The largest absolute Gasteiger partial charge is 0.465 e. The van der Waals surface area contributed by atoms with Gasteiger partial charge in [0.25, 0.3) is 0 Å². The first-order valence-electron chi connectivity index (χ1n) is 6.33. The number of esters is 1. The number of aryl methyl sites for hydroxylation is 1. The molecule has 112 valence electrons. The summed E-state index contributed by atoms with van der Waals surface area (Å²) in [6.45, 7) is 2.65. The van der Waals surface area contributed by atoms with Gasteiger partial charge in [-0.1, -0.05) is 17.7 Å². The van der Waals surface area contributed by atoms with E-state index in [1.54, 1.807) is 25.1 Å². The second-order valence-corrected chi connectivity index (χ2v) is 4.93. The summed E-state index contributed by atoms with van der Waals surface area (Å²) in [6.07, 6.45) is 0. The highest BCUT2D eigenvalue weighted by Crippen LogP contribution is 2.17. The molecule has 0 fully saturated rings. The van der Waals surface area contributed by atoms with Gasteiger partial charge in [0.1, 0.15) is 22.9 Å². The lowest BCUT2D eigenvalue weighted by Gasteiger charge is -2.04. The van der Waals surface area contributed by atoms with Gasteiger partial charge in [0.15, 0.2) is 0 Å². The average Bonchev–Trinajstić information content (AvgIpc) is 2.83. The number of halogens is 2. The Kier molecular flexibility index (Phi) is 4.98. The van der Waals surface area contributed by atoms with Gasteiger partial charge in [-0.25, -0.2) is 9.18 Å². The molecule has 6 heteroatoms. The number of rotatable bonds is 5. The van der Waals surface area contributed by atoms with Crippen molar-refractivity contribution in [2.45, 2.75) is 20.0 Å². The van der Waals surface area contributed by atoms with Crippen LogP contribution in [0, 0.1) is 12.7 Å². The van der Waals surface area contributed by atoms with E-state index < -0.39 is 11.8 Å². The predicted octanol–water partition coefficient (Wildman–Crippen LogP) is 3.46. The van der Waals surface area contributed by atoms with Crippen molar-refractivity contribution in [3.05, 3.63) is 57.8 Å². The van der Waals surface area contributed by atoms with E-state index in [2.05, 4.69) is 10.1 Å². The van der Waals surface area contributed by atoms with E-state index in [0.29, 0.717) is 30.2 Å². The van der Waals surface area contributed by atoms with Crippen molar-refractivity contribution in [1.82, 2.24) is 5.32 Å². The fourth-order valence-electron chi connectivity index (χ4n) is 1.92. The molecule has 0 atom stereocenters. The molecular formula is C15H15ClFNO3. The molecule has 0 radical (unpaired) electrons. The molecule has 0 saturated heterocycles. The molecule has 21 heavy (non-hydrogen) atoms. The highest BCUT2D eigenvalue weighted by molar-refractivity contribution is 6.30. The molecule has 0 amide bonds. The number of ether oxygens (including phenoxy) is 1. The van der Waals surface area contributed by atoms with Crippen molar-refractivity contribution in [2.24, 2.45) is 0 Å². The monoisotopic (exact) mass is 311 g/mol. The summed E-state index contributed by atoms with van der Waals surface area (Å²) in [6, 6.07) is 6.19. The zero-order valence-electron chi connectivity index (χ0n) is 11.7. The summed E-state index contributed by atoms with van der Waals surface area (Å²) in [7, 11) is 1.32. The van der Waals surface area contributed by atoms with Crippen LogP contribution in [0.25, 0.3) is 0 Å². The van der Waals surface area contributed by atoms with Crippen LogP contribution in [0.5, 0.6) is 0 Å². The normalized spacial score (nSPS) is 10.7. The van der Waals surface area contributed by atoms with Crippen LogP contribution in [0.2, 0.25) is 5.02 Å². The maximum atomic E-state index is 13.0. The lowest BCUT2D eigenvalue weighted by atomic mass is 10.2. The van der Waals surface area contributed by atoms with Gasteiger partial charge >= 0.3 is 5.97 Å². The third-order valence-corrected chi connectivity index (χ3v) is 3.28. The highest BCUT2D eigenvalue weighted by atomic mass is 35.5. The summed E-state index contributed by atoms with van der Waals surface area (Å²) < 4.78 is 23.2. The van der Waals surface area contributed by atoms with Gasteiger partial charge in [-0.3, -0.25) is 0 Å². The summed E-state index contributed by atoms with van der Waals surface area (Å²) >= 11 is 5.71. The minimum atomic E-state index is -0.440. The van der Waals surface area contributed by atoms with Gasteiger partial charge in [0.2, 0.25) is 0 Å². The fourth-order valence-corrected chi connectivity index (χ4v) is 2.13. The highest BCUT2D eigenvalue weighted by Gasteiger charge is 2.14. The molecule has 0 spiro atoms. The zero-order chi connectivity index (χ0) is 15.4. The molecule has 4 nitrogen and oxygen atoms in total. The topological polar surface area (TPSA) is 51.5 Å². The molecule has 1 aromatic heterocycles. The SMILES string of the molecule is COC(=O)c1cc(CNCc2ccc(F)c(Cl)c2)oc1C. The van der Waals surface area contributed by atoms with E-state index >= 15 is 0 Å². The van der Waals surface area contributed by atoms with Crippen LogP contribution in [-0.2, 0) is 17.8 Å². The first-order valence-corrected chi connectivity index (χ1v) is 6.71. The molecular weight excluding hydrogens is 297 g/mol. The van der Waals surface area contributed by atoms with Gasteiger partial charge in [-0.05, 0) is 30.7 Å². The number of furan rings is 1. The van der Waals surface area contributed by atoms with Crippen LogP contribution >= 0.6 is 11.6 Å². The molecule has 0 aliphatic carbocycles. The predicted molar refractivity (Wildman–Crippen MR) is 76.7 cm³/mol. The summed E-state index contributed by atoms with van der Waals surface area (Å²) in [5.41, 5.74) is 1.27. The Hall–Kier alpha value is -1.85. The summed E-state index contributed by atoms with van der Waals surface area (Å²) in [5.74, 6) is 0.280. The number of methoxy groups -OCH3 is 1. The number of carbonyl (C=O) groups excluding carboxylic acids is 1. The van der Waals surface area contributed by atoms with E-state index in [4.69, 9.17) is 16.0 Å². The van der Waals surface area contributed by atoms with Crippen molar-refractivity contribution in [1.29, 1.82) is 0 Å². The average molecular weight is 312 g/mol. The van der Waals surface area contributed by atoms with Gasteiger partial charge in [-0.15, -0.1) is 0 Å². The molecule has 1 N–H and O–H groups in total. The third-order valence-electron chi connectivity index (χ3n) is 2.99. The molecule has 2 rings (SSSR count). The Morgan fingerprint density at radius 1 is 1.38 bits per heavy atom. The van der Waals surface area contributed by atoms with Crippen molar-refractivity contribution in [3.63, 3.8) is 0 Å². The smallest absolute Gasteiger partial charge is 0.341 e. The number of hydrogen-bond acceptors (Lipinski definition) is 4. The Morgan fingerprint density at radius 2 is 2.14 bits per heavy atom. The maximum Gasteiger partial charge on any atom is 0.341 e. The van der Waals surface area contributed by atoms with Gasteiger partial charge < -0.3 is 14.5 Å². The Bertz CT molecular complexity index is 654. The molecule has 0 saturated carbocycles. The van der Waals surface area contributed by atoms with Crippen molar-refractivity contribution in [3.8, 4) is 0 Å². The Morgan fingerprint density at radius 3 is 2.81 bits per heavy atom. The van der Waals surface area contributed by atoms with Crippen LogP contribution in [0.3, 0.4) is 0 Å². The van der Waals surface area contributed by atoms with Crippen LogP contribution in [0.1, 0.15) is 27.4 Å². The van der Waals surface area contributed by atoms with Crippen molar-refractivity contribution in [2.75, 3.05) is 7.11 Å². The maximum absolute atomic E-state index is 13.0. The van der Waals surface area contributed by atoms with E-state index in [9.17, 15) is 9.18 Å². The first-order chi connectivity index (χ1) is 10.0. The zero-order valence-corrected chi connectivity index (χ0v) is 12.5. The summed E-state index contributed by atoms with van der Waals surface area (Å²) in [5, 5.41) is 3.23. The standard InChI is InChI=1S/C15H15ClFNO3/c1-9-12(15(19)20-2)6-11(21-9)8-18-7-10-3-4-14(17)13(16)5-10/h3-6,18H,7-8H2,1-2H3. The van der Waals surface area contributed by atoms with Crippen LogP contribution in [0.15, 0.2) is 28.7 Å². The van der Waals surface area contributed by atoms with Crippen molar-refractivity contribution < 1.29 is 18.3 Å². The Labute approximate surface area is 126 Å². The molecule has 0 aliphatic heterocycles. The Balaban J connectivity index is 1.94. The van der Waals surface area contributed by atoms with Crippen LogP contribution in [0.4, 0.5) is 4.39 Å². The molecule has 0 bridgehead atoms. The third kappa shape index (κ3) is 3.83. The second-order valence-electron chi connectivity index (χ2n) is 4.53. The molecule has 1 heterocycles. The first kappa shape index (κ1) is 15.5. The quantitative estimate of drug-likeness (QED) is 0.859.